The molecule has 2 atom stereocenters. The number of hydrogen-bond donors (Lipinski definition) is 2. The monoisotopic (exact) mass is 787 g/mol. The summed E-state index contributed by atoms with van der Waals surface area (Å²) in [6.07, 6.45) is 4.22. The van der Waals surface area contributed by atoms with E-state index in [1.165, 1.54) is 11.4 Å². The van der Waals surface area contributed by atoms with Crippen molar-refractivity contribution in [2.75, 3.05) is 20.2 Å². The Kier molecular flexibility index (Phi) is 12.7. The predicted molar refractivity (Wildman–Crippen MR) is 210 cm³/mol. The van der Waals surface area contributed by atoms with Gasteiger partial charge in [0.15, 0.2) is 0 Å². The first-order chi connectivity index (χ1) is 26.4. The molecule has 0 saturated carbocycles. The molecule has 6 rings (SSSR count). The Bertz CT molecular complexity index is 2260. The van der Waals surface area contributed by atoms with E-state index in [0.717, 1.165) is 43.2 Å². The standard InChI is InChI=1S/C41H46ClN5O7S/c1-27-25-47(26-32-21-30(15-16-34(32)42)33(24-40(49)50)31-22-35-41(37(23-31)53-3)46(2)45-44-35)55(51,52)38-17-14-29(19-36(38)54-27)13-7-4-5-10-18-43-39(48)20-28-11-8-6-9-12-28/h6,8-9,11-12,14-17,19,21-23,27,33H,4-5,7,10,13,18,20,24-26H2,1-3H3,(H,43,48)(H,49,50)/t27-,33+/m1/s1. The number of sulfonamides is 1. The van der Waals surface area contributed by atoms with Crippen molar-refractivity contribution in [2.24, 2.45) is 7.05 Å². The number of nitrogens with zero attached hydrogens (tertiary/aromatic N) is 4. The number of benzene rings is 4. The highest BCUT2D eigenvalue weighted by molar-refractivity contribution is 7.89. The van der Waals surface area contributed by atoms with Gasteiger partial charge in [0.1, 0.15) is 33.5 Å². The number of amides is 1. The third-order valence-electron chi connectivity index (χ3n) is 9.84. The average molecular weight is 788 g/mol. The minimum absolute atomic E-state index is 0.0226. The molecule has 0 radical (unpaired) electrons. The second-order valence-electron chi connectivity index (χ2n) is 14.0. The molecule has 4 aromatic carbocycles. The van der Waals surface area contributed by atoms with Crippen LogP contribution in [0.15, 0.2) is 83.8 Å². The van der Waals surface area contributed by atoms with Crippen molar-refractivity contribution in [3.63, 3.8) is 0 Å². The molecule has 0 spiro atoms. The Hall–Kier alpha value is -4.98. The molecule has 0 saturated heterocycles. The van der Waals surface area contributed by atoms with Crippen molar-refractivity contribution in [1.82, 2.24) is 24.6 Å². The number of halogens is 1. The number of aliphatic carboxylic acids is 1. The number of carboxylic acid groups (broad SMARTS) is 1. The number of methoxy groups -OCH3 is 1. The predicted octanol–water partition coefficient (Wildman–Crippen LogP) is 6.67. The maximum absolute atomic E-state index is 14.2. The van der Waals surface area contributed by atoms with Gasteiger partial charge in [-0.3, -0.25) is 9.59 Å². The molecule has 0 unspecified atom stereocenters. The van der Waals surface area contributed by atoms with E-state index in [0.29, 0.717) is 57.2 Å². The Morgan fingerprint density at radius 2 is 1.78 bits per heavy atom. The van der Waals surface area contributed by atoms with E-state index < -0.39 is 28.0 Å². The number of nitrogens with one attached hydrogen (secondary N) is 1. The fourth-order valence-corrected chi connectivity index (χ4v) is 8.85. The highest BCUT2D eigenvalue weighted by atomic mass is 35.5. The molecular formula is C41H46ClN5O7S. The highest BCUT2D eigenvalue weighted by Crippen LogP contribution is 2.38. The third-order valence-corrected chi connectivity index (χ3v) is 12.1. The summed E-state index contributed by atoms with van der Waals surface area (Å²) in [7, 11) is -0.711. The van der Waals surface area contributed by atoms with Gasteiger partial charge in [0.25, 0.3) is 0 Å². The molecule has 1 aromatic heterocycles. The topological polar surface area (TPSA) is 153 Å². The normalized spacial score (nSPS) is 15.8. The van der Waals surface area contributed by atoms with Crippen LogP contribution in [0.1, 0.15) is 72.8 Å². The zero-order chi connectivity index (χ0) is 39.1. The van der Waals surface area contributed by atoms with Gasteiger partial charge in [-0.05, 0) is 84.3 Å². The molecule has 2 heterocycles. The quantitative estimate of drug-likeness (QED) is 0.104. The summed E-state index contributed by atoms with van der Waals surface area (Å²) < 4.78 is 43.1. The van der Waals surface area contributed by atoms with Crippen molar-refractivity contribution < 1.29 is 32.6 Å². The van der Waals surface area contributed by atoms with Crippen LogP contribution in [-0.2, 0) is 46.0 Å². The zero-order valence-corrected chi connectivity index (χ0v) is 32.8. The smallest absolute Gasteiger partial charge is 0.304 e. The van der Waals surface area contributed by atoms with Gasteiger partial charge >= 0.3 is 5.97 Å². The SMILES string of the molecule is COc1cc([C@@H](CC(=O)O)c2ccc(Cl)c(CN3C[C@@H](C)Oc4cc(CCCCCCNC(=O)Cc5ccccc5)ccc4S3(=O)=O)c2)cc2nnn(C)c12. The van der Waals surface area contributed by atoms with Crippen molar-refractivity contribution in [1.29, 1.82) is 0 Å². The second-order valence-corrected chi connectivity index (χ2v) is 16.3. The molecule has 1 aliphatic rings. The van der Waals surface area contributed by atoms with Crippen molar-refractivity contribution in [3.8, 4) is 11.5 Å². The van der Waals surface area contributed by atoms with E-state index in [-0.39, 0.29) is 30.3 Å². The number of carbonyl (C=O) groups excluding carboxylic acids is 1. The van der Waals surface area contributed by atoms with Gasteiger partial charge in [-0.15, -0.1) is 5.10 Å². The molecule has 55 heavy (non-hydrogen) atoms. The van der Waals surface area contributed by atoms with Crippen LogP contribution in [0.5, 0.6) is 11.5 Å². The molecule has 14 heteroatoms. The molecule has 290 valence electrons. The summed E-state index contributed by atoms with van der Waals surface area (Å²) in [6, 6.07) is 23.7. The molecule has 1 amide bonds. The number of rotatable bonds is 16. The lowest BCUT2D eigenvalue weighted by atomic mass is 9.87. The van der Waals surface area contributed by atoms with E-state index >= 15 is 0 Å². The highest BCUT2D eigenvalue weighted by Gasteiger charge is 2.34. The van der Waals surface area contributed by atoms with E-state index in [1.807, 2.05) is 49.4 Å². The first-order valence-electron chi connectivity index (χ1n) is 18.4. The molecule has 5 aromatic rings. The van der Waals surface area contributed by atoms with Crippen LogP contribution in [0.2, 0.25) is 5.02 Å². The molecule has 1 aliphatic heterocycles. The number of fused-ring (bicyclic) bond motifs is 2. The minimum Gasteiger partial charge on any atom is -0.494 e. The van der Waals surface area contributed by atoms with Gasteiger partial charge in [0.05, 0.1) is 26.5 Å². The molecule has 2 N–H and O–H groups in total. The largest absolute Gasteiger partial charge is 0.494 e. The number of carboxylic acids is 1. The van der Waals surface area contributed by atoms with Crippen LogP contribution in [-0.4, -0.2) is 71.0 Å². The summed E-state index contributed by atoms with van der Waals surface area (Å²) in [4.78, 5) is 24.4. The summed E-state index contributed by atoms with van der Waals surface area (Å²) in [5.41, 5.74) is 5.08. The molecule has 12 nitrogen and oxygen atoms in total. The van der Waals surface area contributed by atoms with Crippen LogP contribution in [0, 0.1) is 0 Å². The number of unbranched alkanes of at least 4 members (excludes halogenated alkanes) is 3. The Balaban J connectivity index is 1.12. The van der Waals surface area contributed by atoms with Gasteiger partial charge < -0.3 is 19.9 Å². The van der Waals surface area contributed by atoms with Gasteiger partial charge in [-0.1, -0.05) is 78.2 Å². The van der Waals surface area contributed by atoms with E-state index in [9.17, 15) is 23.1 Å². The lowest BCUT2D eigenvalue weighted by Gasteiger charge is -2.23. The lowest BCUT2D eigenvalue weighted by molar-refractivity contribution is -0.137. The van der Waals surface area contributed by atoms with Crippen LogP contribution >= 0.6 is 11.6 Å². The van der Waals surface area contributed by atoms with Gasteiger partial charge in [-0.2, -0.15) is 4.31 Å². The van der Waals surface area contributed by atoms with Crippen LogP contribution in [0.25, 0.3) is 11.0 Å². The minimum atomic E-state index is -3.99. The first-order valence-corrected chi connectivity index (χ1v) is 20.2. The fourth-order valence-electron chi connectivity index (χ4n) is 7.08. The zero-order valence-electron chi connectivity index (χ0n) is 31.2. The average Bonchev–Trinajstić information content (AvgIpc) is 3.50. The number of aryl methyl sites for hydroxylation is 2. The van der Waals surface area contributed by atoms with Crippen molar-refractivity contribution in [2.45, 2.75) is 75.3 Å². The number of aromatic nitrogens is 3. The number of ether oxygens (including phenoxy) is 2. The summed E-state index contributed by atoms with van der Waals surface area (Å²) in [5, 5.41) is 21.6. The maximum Gasteiger partial charge on any atom is 0.304 e. The molecule has 0 bridgehead atoms. The first kappa shape index (κ1) is 39.7. The van der Waals surface area contributed by atoms with E-state index in [1.54, 1.807) is 48.1 Å². The maximum atomic E-state index is 14.2. The third kappa shape index (κ3) is 9.64. The Morgan fingerprint density at radius 1 is 1.00 bits per heavy atom. The van der Waals surface area contributed by atoms with Crippen LogP contribution in [0.3, 0.4) is 0 Å². The Morgan fingerprint density at radius 3 is 2.55 bits per heavy atom. The van der Waals surface area contributed by atoms with Gasteiger partial charge in [0.2, 0.25) is 15.9 Å². The summed E-state index contributed by atoms with van der Waals surface area (Å²) >= 11 is 6.70. The van der Waals surface area contributed by atoms with Crippen LogP contribution in [0.4, 0.5) is 0 Å². The number of carbonyl (C=O) groups is 2. The molecular weight excluding hydrogens is 742 g/mol. The summed E-state index contributed by atoms with van der Waals surface area (Å²) in [6.45, 7) is 2.52. The molecule has 0 fully saturated rings. The van der Waals surface area contributed by atoms with E-state index in [2.05, 4.69) is 15.6 Å². The van der Waals surface area contributed by atoms with Gasteiger partial charge in [-0.25, -0.2) is 13.1 Å². The van der Waals surface area contributed by atoms with Gasteiger partial charge in [0, 0.05) is 31.1 Å². The Labute approximate surface area is 326 Å². The van der Waals surface area contributed by atoms with Crippen LogP contribution < -0.4 is 14.8 Å². The second kappa shape index (κ2) is 17.7. The van der Waals surface area contributed by atoms with Crippen molar-refractivity contribution in [3.05, 3.63) is 112 Å². The fraction of sp³-hybridized carbons (Fsp3) is 0.366. The number of hydrogen-bond acceptors (Lipinski definition) is 8. The van der Waals surface area contributed by atoms with Crippen molar-refractivity contribution >= 4 is 44.5 Å². The van der Waals surface area contributed by atoms with E-state index in [4.69, 9.17) is 21.1 Å². The lowest BCUT2D eigenvalue weighted by Crippen LogP contribution is -2.35. The molecule has 0 aliphatic carbocycles. The summed E-state index contributed by atoms with van der Waals surface area (Å²) in [5.74, 6) is -0.760.